The fourth-order valence-corrected chi connectivity index (χ4v) is 5.93. The number of fused-ring (bicyclic) bond motifs is 4. The minimum absolute atomic E-state index is 0.159. The molecule has 3 amide bonds. The molecule has 0 bridgehead atoms. The van der Waals surface area contributed by atoms with Gasteiger partial charge in [-0.2, -0.15) is 0 Å². The van der Waals surface area contributed by atoms with Crippen molar-refractivity contribution < 1.29 is 19.1 Å². The largest absolute Gasteiger partial charge is 0.497 e. The summed E-state index contributed by atoms with van der Waals surface area (Å²) in [6, 6.07) is 24.2. The van der Waals surface area contributed by atoms with Crippen molar-refractivity contribution >= 4 is 23.4 Å². The highest BCUT2D eigenvalue weighted by molar-refractivity contribution is 6.15. The average Bonchev–Trinajstić information content (AvgIpc) is 3.46. The van der Waals surface area contributed by atoms with Gasteiger partial charge < -0.3 is 10.1 Å². The molecule has 0 saturated carbocycles. The van der Waals surface area contributed by atoms with Crippen LogP contribution in [-0.2, 0) is 32.9 Å². The fourth-order valence-electron chi connectivity index (χ4n) is 5.93. The highest BCUT2D eigenvalue weighted by Crippen LogP contribution is 2.53. The Kier molecular flexibility index (Phi) is 4.96. The predicted molar refractivity (Wildman–Crippen MR) is 129 cm³/mol. The summed E-state index contributed by atoms with van der Waals surface area (Å²) in [5, 5.41) is 6.43. The van der Waals surface area contributed by atoms with Gasteiger partial charge >= 0.3 is 0 Å². The van der Waals surface area contributed by atoms with E-state index >= 15 is 0 Å². The summed E-state index contributed by atoms with van der Waals surface area (Å²) in [4.78, 5) is 42.5. The van der Waals surface area contributed by atoms with Crippen LogP contribution in [-0.4, -0.2) is 35.8 Å². The molecule has 3 aromatic carbocycles. The van der Waals surface area contributed by atoms with E-state index in [9.17, 15) is 14.4 Å². The average molecular weight is 468 g/mol. The Morgan fingerprint density at radius 2 is 1.57 bits per heavy atom. The molecule has 3 aromatic rings. The number of hydrogen-bond acceptors (Lipinski definition) is 5. The van der Waals surface area contributed by atoms with E-state index in [-0.39, 0.29) is 30.3 Å². The van der Waals surface area contributed by atoms with E-state index in [0.717, 1.165) is 16.7 Å². The Bertz CT molecular complexity index is 1320. The normalized spacial score (nSPS) is 26.7. The van der Waals surface area contributed by atoms with Crippen LogP contribution in [0.3, 0.4) is 0 Å². The summed E-state index contributed by atoms with van der Waals surface area (Å²) in [7, 11) is 1.59. The number of rotatable bonds is 5. The molecule has 176 valence electrons. The molecule has 7 heteroatoms. The molecule has 4 atom stereocenters. The van der Waals surface area contributed by atoms with E-state index in [1.54, 1.807) is 7.11 Å². The van der Waals surface area contributed by atoms with Crippen LogP contribution >= 0.6 is 0 Å². The first-order valence-electron chi connectivity index (χ1n) is 11.7. The van der Waals surface area contributed by atoms with Crippen molar-refractivity contribution in [2.75, 3.05) is 12.4 Å². The molecule has 2 saturated heterocycles. The second kappa shape index (κ2) is 8.06. The second-order valence-electron chi connectivity index (χ2n) is 9.36. The van der Waals surface area contributed by atoms with Gasteiger partial charge in [-0.1, -0.05) is 60.7 Å². The molecular formula is C28H25N3O4. The van der Waals surface area contributed by atoms with E-state index in [4.69, 9.17) is 4.74 Å². The van der Waals surface area contributed by atoms with Gasteiger partial charge in [0.15, 0.2) is 0 Å². The van der Waals surface area contributed by atoms with Crippen molar-refractivity contribution in [1.29, 1.82) is 0 Å². The van der Waals surface area contributed by atoms with Gasteiger partial charge in [0, 0.05) is 17.3 Å². The molecule has 7 nitrogen and oxygen atoms in total. The number of carbonyl (C=O) groups excluding carboxylic acids is 3. The zero-order valence-corrected chi connectivity index (χ0v) is 19.2. The van der Waals surface area contributed by atoms with Crippen molar-refractivity contribution in [3.8, 4) is 5.75 Å². The lowest BCUT2D eigenvalue weighted by Gasteiger charge is -2.29. The maximum Gasteiger partial charge on any atom is 0.250 e. The van der Waals surface area contributed by atoms with E-state index in [0.29, 0.717) is 17.9 Å². The van der Waals surface area contributed by atoms with E-state index in [2.05, 4.69) is 10.6 Å². The maximum absolute atomic E-state index is 13.9. The summed E-state index contributed by atoms with van der Waals surface area (Å²) in [6.07, 6.45) is 0.536. The van der Waals surface area contributed by atoms with E-state index in [1.807, 2.05) is 78.9 Å². The number of likely N-dealkylation sites (tertiary alicyclic amines) is 1. The van der Waals surface area contributed by atoms with Gasteiger partial charge in [0.2, 0.25) is 17.7 Å². The highest BCUT2D eigenvalue weighted by atomic mass is 16.5. The van der Waals surface area contributed by atoms with E-state index in [1.165, 1.54) is 4.90 Å². The lowest BCUT2D eigenvalue weighted by molar-refractivity contribution is -0.143. The van der Waals surface area contributed by atoms with Gasteiger partial charge in [0.05, 0.1) is 25.5 Å². The number of benzene rings is 3. The first-order valence-corrected chi connectivity index (χ1v) is 11.7. The summed E-state index contributed by atoms with van der Waals surface area (Å²) in [5.41, 5.74) is 2.00. The zero-order chi connectivity index (χ0) is 24.2. The van der Waals surface area contributed by atoms with Crippen molar-refractivity contribution in [3.63, 3.8) is 0 Å². The minimum atomic E-state index is -1.28. The predicted octanol–water partition coefficient (Wildman–Crippen LogP) is 2.86. The van der Waals surface area contributed by atoms with Crippen LogP contribution in [0.4, 0.5) is 5.69 Å². The number of carbonyl (C=O) groups is 3. The van der Waals surface area contributed by atoms with Crippen LogP contribution in [0.2, 0.25) is 0 Å². The lowest BCUT2D eigenvalue weighted by atomic mass is 9.76. The van der Waals surface area contributed by atoms with Gasteiger partial charge in [-0.3, -0.25) is 24.6 Å². The molecule has 0 unspecified atom stereocenters. The first kappa shape index (κ1) is 21.6. The molecule has 1 spiro atoms. The minimum Gasteiger partial charge on any atom is -0.497 e. The third-order valence-electron chi connectivity index (χ3n) is 7.51. The number of amides is 3. The number of anilines is 1. The number of methoxy groups -OCH3 is 1. The molecule has 2 fully saturated rings. The number of imide groups is 1. The summed E-state index contributed by atoms with van der Waals surface area (Å²) < 4.78 is 5.22. The van der Waals surface area contributed by atoms with Crippen molar-refractivity contribution in [1.82, 2.24) is 10.2 Å². The quantitative estimate of drug-likeness (QED) is 0.564. The van der Waals surface area contributed by atoms with Crippen molar-refractivity contribution in [3.05, 3.63) is 95.6 Å². The molecule has 2 N–H and O–H groups in total. The standard InChI is InChI=1S/C28H25N3O4/c1-35-19-13-11-18(12-14-19)16-31-25(32)23-22(15-17-7-3-2-4-8-17)30-28(24(23)26(31)33)20-9-5-6-10-21(20)29-27(28)34/h2-14,22-24,30H,15-16H2,1H3,(H,29,34)/t22-,23+,24-,28-/m0/s1. The Hall–Kier alpha value is -3.97. The molecule has 3 heterocycles. The molecule has 0 aliphatic carbocycles. The van der Waals surface area contributed by atoms with Crippen LogP contribution in [0, 0.1) is 11.8 Å². The number of ether oxygens (including phenoxy) is 1. The van der Waals surface area contributed by atoms with Crippen LogP contribution in [0.25, 0.3) is 0 Å². The van der Waals surface area contributed by atoms with Gasteiger partial charge in [-0.05, 0) is 35.7 Å². The fraction of sp³-hybridized carbons (Fsp3) is 0.250. The Morgan fingerprint density at radius 3 is 2.31 bits per heavy atom. The summed E-state index contributed by atoms with van der Waals surface area (Å²) in [6.45, 7) is 0.159. The van der Waals surface area contributed by atoms with Crippen LogP contribution in [0.1, 0.15) is 16.7 Å². The Labute approximate surface area is 203 Å². The third kappa shape index (κ3) is 3.19. The number of nitrogens with zero attached hydrogens (tertiary/aromatic N) is 1. The number of para-hydroxylation sites is 1. The highest BCUT2D eigenvalue weighted by Gasteiger charge is 2.70. The molecule has 0 aromatic heterocycles. The maximum atomic E-state index is 13.9. The van der Waals surface area contributed by atoms with Crippen molar-refractivity contribution in [2.24, 2.45) is 11.8 Å². The molecule has 6 rings (SSSR count). The van der Waals surface area contributed by atoms with Gasteiger partial charge in [0.25, 0.3) is 0 Å². The summed E-state index contributed by atoms with van der Waals surface area (Å²) >= 11 is 0. The second-order valence-corrected chi connectivity index (χ2v) is 9.36. The summed E-state index contributed by atoms with van der Waals surface area (Å²) in [5.74, 6) is -1.58. The van der Waals surface area contributed by atoms with Crippen LogP contribution in [0.5, 0.6) is 5.75 Å². The molecule has 0 radical (unpaired) electrons. The van der Waals surface area contributed by atoms with Gasteiger partial charge in [-0.25, -0.2) is 0 Å². The lowest BCUT2D eigenvalue weighted by Crippen LogP contribution is -2.53. The Morgan fingerprint density at radius 1 is 0.857 bits per heavy atom. The van der Waals surface area contributed by atoms with Gasteiger partial charge in [0.1, 0.15) is 11.3 Å². The Balaban J connectivity index is 1.41. The molecule has 35 heavy (non-hydrogen) atoms. The SMILES string of the molecule is COc1ccc(CN2C(=O)[C@@H]3[C@H](Cc4ccccc4)N[C@]4(C(=O)Nc5ccccc54)[C@@H]3C2=O)cc1. The smallest absolute Gasteiger partial charge is 0.250 e. The number of nitrogens with one attached hydrogen (secondary N) is 2. The first-order chi connectivity index (χ1) is 17.0. The van der Waals surface area contributed by atoms with Crippen LogP contribution in [0.15, 0.2) is 78.9 Å². The van der Waals surface area contributed by atoms with Crippen molar-refractivity contribution in [2.45, 2.75) is 24.5 Å². The van der Waals surface area contributed by atoms with E-state index < -0.39 is 17.4 Å². The monoisotopic (exact) mass is 467 g/mol. The zero-order valence-electron chi connectivity index (χ0n) is 19.2. The molecule has 3 aliphatic heterocycles. The molecular weight excluding hydrogens is 442 g/mol. The third-order valence-corrected chi connectivity index (χ3v) is 7.51. The topological polar surface area (TPSA) is 87.7 Å². The number of hydrogen-bond donors (Lipinski definition) is 2. The van der Waals surface area contributed by atoms with Gasteiger partial charge in [-0.15, -0.1) is 0 Å². The molecule has 3 aliphatic rings. The van der Waals surface area contributed by atoms with Crippen LogP contribution < -0.4 is 15.4 Å².